The zero-order valence-corrected chi connectivity index (χ0v) is 14.7. The smallest absolute Gasteiger partial charge is 0.319 e. The molecule has 2 fully saturated rings. The third kappa shape index (κ3) is 4.50. The second-order valence-corrected chi connectivity index (χ2v) is 7.23. The van der Waals surface area contributed by atoms with Crippen molar-refractivity contribution in [3.05, 3.63) is 34.4 Å². The summed E-state index contributed by atoms with van der Waals surface area (Å²) >= 11 is 0. The van der Waals surface area contributed by atoms with Crippen molar-refractivity contribution in [2.45, 2.75) is 76.3 Å². The molecular formula is C19H27N3O3. The van der Waals surface area contributed by atoms with E-state index in [1.165, 1.54) is 50.7 Å². The zero-order chi connectivity index (χ0) is 17.6. The summed E-state index contributed by atoms with van der Waals surface area (Å²) in [6, 6.07) is 6.70. The number of benzene rings is 1. The van der Waals surface area contributed by atoms with Crippen LogP contribution in [-0.4, -0.2) is 27.9 Å². The van der Waals surface area contributed by atoms with Crippen molar-refractivity contribution in [2.75, 3.05) is 5.32 Å². The number of carbonyl (C=O) groups is 1. The molecule has 0 saturated heterocycles. The lowest BCUT2D eigenvalue weighted by molar-refractivity contribution is -0.384. The van der Waals surface area contributed by atoms with Crippen LogP contribution in [0.25, 0.3) is 0 Å². The summed E-state index contributed by atoms with van der Waals surface area (Å²) in [7, 11) is 0. The predicted octanol–water partition coefficient (Wildman–Crippen LogP) is 5.09. The Labute approximate surface area is 148 Å². The molecule has 2 aliphatic carbocycles. The number of nitro groups is 1. The van der Waals surface area contributed by atoms with Gasteiger partial charge < -0.3 is 10.2 Å². The van der Waals surface area contributed by atoms with E-state index in [-0.39, 0.29) is 11.7 Å². The first kappa shape index (κ1) is 17.7. The first-order valence-corrected chi connectivity index (χ1v) is 9.49. The first-order chi connectivity index (χ1) is 12.1. The minimum atomic E-state index is -0.435. The van der Waals surface area contributed by atoms with E-state index in [0.29, 0.717) is 17.8 Å². The van der Waals surface area contributed by atoms with E-state index < -0.39 is 4.92 Å². The summed E-state index contributed by atoms with van der Waals surface area (Å²) in [5.74, 6) is 0. The maximum Gasteiger partial charge on any atom is 0.322 e. The van der Waals surface area contributed by atoms with Gasteiger partial charge in [0.05, 0.1) is 4.92 Å². The Morgan fingerprint density at radius 2 is 1.56 bits per heavy atom. The Bertz CT molecular complexity index is 590. The van der Waals surface area contributed by atoms with Gasteiger partial charge in [-0.05, 0) is 31.7 Å². The van der Waals surface area contributed by atoms with Gasteiger partial charge in [0.25, 0.3) is 5.69 Å². The number of anilines is 1. The normalized spacial score (nSPS) is 19.4. The molecule has 0 radical (unpaired) electrons. The number of nitrogens with zero attached hydrogens (tertiary/aromatic N) is 2. The molecule has 0 bridgehead atoms. The lowest BCUT2D eigenvalue weighted by atomic mass is 9.89. The largest absolute Gasteiger partial charge is 0.322 e. The number of hydrogen-bond acceptors (Lipinski definition) is 3. The van der Waals surface area contributed by atoms with Crippen LogP contribution < -0.4 is 5.32 Å². The van der Waals surface area contributed by atoms with Crippen LogP contribution in [0.15, 0.2) is 24.3 Å². The van der Waals surface area contributed by atoms with E-state index in [1.807, 2.05) is 0 Å². The highest BCUT2D eigenvalue weighted by atomic mass is 16.6. The van der Waals surface area contributed by atoms with E-state index >= 15 is 0 Å². The average Bonchev–Trinajstić information content (AvgIpc) is 2.64. The molecule has 2 saturated carbocycles. The molecule has 3 rings (SSSR count). The van der Waals surface area contributed by atoms with Crippen molar-refractivity contribution >= 4 is 17.4 Å². The third-order valence-corrected chi connectivity index (χ3v) is 5.48. The molecule has 25 heavy (non-hydrogen) atoms. The second kappa shape index (κ2) is 8.32. The van der Waals surface area contributed by atoms with Crippen LogP contribution in [-0.2, 0) is 0 Å². The Hall–Kier alpha value is -2.11. The van der Waals surface area contributed by atoms with Crippen LogP contribution >= 0.6 is 0 Å². The quantitative estimate of drug-likeness (QED) is 0.609. The van der Waals surface area contributed by atoms with Gasteiger partial charge in [-0.25, -0.2) is 4.79 Å². The highest BCUT2D eigenvalue weighted by Crippen LogP contribution is 2.31. The van der Waals surface area contributed by atoms with Crippen molar-refractivity contribution in [3.63, 3.8) is 0 Å². The van der Waals surface area contributed by atoms with Gasteiger partial charge in [0, 0.05) is 29.9 Å². The number of nitrogens with one attached hydrogen (secondary N) is 1. The van der Waals surface area contributed by atoms with Gasteiger partial charge in [-0.2, -0.15) is 0 Å². The number of amides is 2. The van der Waals surface area contributed by atoms with Crippen molar-refractivity contribution in [1.82, 2.24) is 4.90 Å². The summed E-state index contributed by atoms with van der Waals surface area (Å²) in [6.07, 6.45) is 11.5. The van der Waals surface area contributed by atoms with Gasteiger partial charge in [0.15, 0.2) is 0 Å². The molecule has 136 valence electrons. The van der Waals surface area contributed by atoms with Crippen LogP contribution in [0.5, 0.6) is 0 Å². The van der Waals surface area contributed by atoms with Gasteiger partial charge in [-0.1, -0.05) is 44.6 Å². The van der Waals surface area contributed by atoms with Crippen LogP contribution in [0.4, 0.5) is 16.2 Å². The monoisotopic (exact) mass is 345 g/mol. The molecule has 0 unspecified atom stereocenters. The topological polar surface area (TPSA) is 75.5 Å². The highest BCUT2D eigenvalue weighted by molar-refractivity contribution is 5.90. The fourth-order valence-corrected chi connectivity index (χ4v) is 4.23. The Balaban J connectivity index is 1.75. The fourth-order valence-electron chi connectivity index (χ4n) is 4.23. The second-order valence-electron chi connectivity index (χ2n) is 7.23. The molecule has 0 aromatic heterocycles. The lowest BCUT2D eigenvalue weighted by Gasteiger charge is -2.41. The van der Waals surface area contributed by atoms with Gasteiger partial charge in [0.2, 0.25) is 0 Å². The van der Waals surface area contributed by atoms with Crippen molar-refractivity contribution < 1.29 is 9.72 Å². The number of non-ortho nitro benzene ring substituents is 1. The number of carbonyl (C=O) groups excluding carboxylic acids is 1. The molecule has 6 heteroatoms. The molecule has 2 aliphatic rings. The molecule has 1 N–H and O–H groups in total. The van der Waals surface area contributed by atoms with Crippen LogP contribution in [0.2, 0.25) is 0 Å². The molecule has 0 spiro atoms. The average molecular weight is 345 g/mol. The Morgan fingerprint density at radius 1 is 1.00 bits per heavy atom. The maximum absolute atomic E-state index is 13.0. The molecule has 0 heterocycles. The van der Waals surface area contributed by atoms with Crippen molar-refractivity contribution in [2.24, 2.45) is 0 Å². The van der Waals surface area contributed by atoms with Crippen molar-refractivity contribution in [1.29, 1.82) is 0 Å². The van der Waals surface area contributed by atoms with E-state index in [0.717, 1.165) is 25.7 Å². The molecule has 6 nitrogen and oxygen atoms in total. The lowest BCUT2D eigenvalue weighted by Crippen LogP contribution is -2.50. The fraction of sp³-hybridized carbons (Fsp3) is 0.632. The first-order valence-electron chi connectivity index (χ1n) is 9.49. The molecule has 0 aliphatic heterocycles. The summed E-state index contributed by atoms with van der Waals surface area (Å²) in [4.78, 5) is 25.6. The summed E-state index contributed by atoms with van der Waals surface area (Å²) in [6.45, 7) is 0. The van der Waals surface area contributed by atoms with E-state index in [2.05, 4.69) is 10.2 Å². The highest BCUT2D eigenvalue weighted by Gasteiger charge is 2.32. The predicted molar refractivity (Wildman–Crippen MR) is 97.7 cm³/mol. The van der Waals surface area contributed by atoms with Gasteiger partial charge in [0.1, 0.15) is 0 Å². The SMILES string of the molecule is O=C(Nc1cccc([N+](=O)[O-])c1)N(C1CCCCC1)C1CCCCC1. The molecule has 1 aromatic rings. The Kier molecular flexibility index (Phi) is 5.89. The number of hydrogen-bond donors (Lipinski definition) is 1. The number of nitro benzene ring substituents is 1. The summed E-state index contributed by atoms with van der Waals surface area (Å²) in [5.41, 5.74) is 0.496. The maximum atomic E-state index is 13.0. The molecule has 2 amide bonds. The van der Waals surface area contributed by atoms with E-state index in [4.69, 9.17) is 0 Å². The van der Waals surface area contributed by atoms with E-state index in [1.54, 1.807) is 12.1 Å². The summed E-state index contributed by atoms with van der Waals surface area (Å²) in [5, 5.41) is 13.9. The van der Waals surface area contributed by atoms with Crippen LogP contribution in [0.3, 0.4) is 0 Å². The zero-order valence-electron chi connectivity index (χ0n) is 14.7. The third-order valence-electron chi connectivity index (χ3n) is 5.48. The standard InChI is InChI=1S/C19H27N3O3/c23-19(20-15-8-7-13-18(14-15)22(24)25)21(16-9-3-1-4-10-16)17-11-5-2-6-12-17/h7-8,13-14,16-17H,1-6,9-12H2,(H,20,23). The van der Waals surface area contributed by atoms with Crippen molar-refractivity contribution in [3.8, 4) is 0 Å². The van der Waals surface area contributed by atoms with Crippen LogP contribution in [0.1, 0.15) is 64.2 Å². The number of rotatable bonds is 4. The molecule has 0 atom stereocenters. The van der Waals surface area contributed by atoms with Gasteiger partial charge >= 0.3 is 6.03 Å². The Morgan fingerprint density at radius 3 is 2.08 bits per heavy atom. The number of urea groups is 1. The summed E-state index contributed by atoms with van der Waals surface area (Å²) < 4.78 is 0. The van der Waals surface area contributed by atoms with E-state index in [9.17, 15) is 14.9 Å². The van der Waals surface area contributed by atoms with Gasteiger partial charge in [-0.3, -0.25) is 10.1 Å². The molecular weight excluding hydrogens is 318 g/mol. The minimum absolute atomic E-state index is 0.000294. The van der Waals surface area contributed by atoms with Crippen LogP contribution in [0, 0.1) is 10.1 Å². The molecule has 1 aromatic carbocycles. The van der Waals surface area contributed by atoms with Gasteiger partial charge in [-0.15, -0.1) is 0 Å². The minimum Gasteiger partial charge on any atom is -0.319 e.